The summed E-state index contributed by atoms with van der Waals surface area (Å²) in [7, 11) is 0. The molecule has 0 spiro atoms. The number of rotatable bonds is 9. The smallest absolute Gasteiger partial charge is 0.423 e. The molecule has 1 unspecified atom stereocenters. The summed E-state index contributed by atoms with van der Waals surface area (Å²) in [4.78, 5) is 26.2. The Morgan fingerprint density at radius 1 is 1.10 bits per heavy atom. The minimum atomic E-state index is -4.83. The van der Waals surface area contributed by atoms with E-state index in [1.54, 1.807) is 6.07 Å². The average Bonchev–Trinajstić information content (AvgIpc) is 3.34. The lowest BCUT2D eigenvalue weighted by Crippen LogP contribution is -2.52. The molecule has 0 bridgehead atoms. The molecule has 5 rings (SSSR count). The lowest BCUT2D eigenvalue weighted by molar-refractivity contribution is -0.388. The lowest BCUT2D eigenvalue weighted by atomic mass is 9.92. The Labute approximate surface area is 239 Å². The Balaban J connectivity index is 1.08. The number of nitrogens with zero attached hydrogens (tertiary/aromatic N) is 3. The molecule has 2 aliphatic rings. The predicted molar refractivity (Wildman–Crippen MR) is 147 cm³/mol. The van der Waals surface area contributed by atoms with Gasteiger partial charge in [0, 0.05) is 54.4 Å². The summed E-state index contributed by atoms with van der Waals surface area (Å²) in [5.41, 5.74) is -1.27. The van der Waals surface area contributed by atoms with Gasteiger partial charge in [-0.25, -0.2) is 0 Å². The maximum absolute atomic E-state index is 13.3. The molecule has 41 heavy (non-hydrogen) atoms. The van der Waals surface area contributed by atoms with Gasteiger partial charge in [0.05, 0.1) is 17.6 Å². The molecule has 2 aromatic carbocycles. The number of fused-ring (bicyclic) bond motifs is 1. The minimum Gasteiger partial charge on any atom is -0.460 e. The highest BCUT2D eigenvalue weighted by molar-refractivity contribution is 6.31. The van der Waals surface area contributed by atoms with E-state index in [9.17, 15) is 28.1 Å². The number of carbonyl (C=O) groups is 1. The van der Waals surface area contributed by atoms with Gasteiger partial charge in [-0.3, -0.25) is 24.7 Å². The monoisotopic (exact) mass is 594 g/mol. The first-order valence-electron chi connectivity index (χ1n) is 13.5. The van der Waals surface area contributed by atoms with Crippen LogP contribution in [0, 0.1) is 10.1 Å². The van der Waals surface area contributed by atoms with Crippen molar-refractivity contribution >= 4 is 40.2 Å². The Bertz CT molecular complexity index is 1380. The standard InChI is InChI=1S/C28H30ClF3N4O5/c29-19-1-8-26-18(13-19)14-23(40-26)16-34-9-11-35(12-10-34)27(17-37)41-22-5-2-20(3-6-22)33-21-4-7-25(36(38)39)24(15-21)28(30,31)32/h1,4,7-8,13-15,17,20,22,27,33H,2-3,5-6,9-12,16H2. The Kier molecular flexibility index (Phi) is 8.83. The van der Waals surface area contributed by atoms with Crippen molar-refractivity contribution in [3.8, 4) is 0 Å². The second-order valence-electron chi connectivity index (χ2n) is 10.5. The largest absolute Gasteiger partial charge is 0.460 e. The molecule has 1 N–H and O–H groups in total. The third-order valence-corrected chi connectivity index (χ3v) is 7.90. The minimum absolute atomic E-state index is 0.107. The number of benzene rings is 2. The molecule has 1 saturated heterocycles. The van der Waals surface area contributed by atoms with Crippen molar-refractivity contribution in [2.75, 3.05) is 31.5 Å². The molecule has 13 heteroatoms. The van der Waals surface area contributed by atoms with Gasteiger partial charge in [0.2, 0.25) is 0 Å². The van der Waals surface area contributed by atoms with Crippen molar-refractivity contribution in [3.05, 3.63) is 68.9 Å². The number of hydrogen-bond acceptors (Lipinski definition) is 8. The third kappa shape index (κ3) is 7.18. The Morgan fingerprint density at radius 2 is 1.83 bits per heavy atom. The molecule has 0 amide bonds. The number of nitrogens with one attached hydrogen (secondary N) is 1. The van der Waals surface area contributed by atoms with Crippen LogP contribution in [0.3, 0.4) is 0 Å². The molecule has 220 valence electrons. The summed E-state index contributed by atoms with van der Waals surface area (Å²) in [6.45, 7) is 3.47. The van der Waals surface area contributed by atoms with Gasteiger partial charge in [-0.15, -0.1) is 0 Å². The van der Waals surface area contributed by atoms with Crippen molar-refractivity contribution in [2.45, 2.75) is 56.8 Å². The Morgan fingerprint density at radius 3 is 2.49 bits per heavy atom. The maximum atomic E-state index is 13.3. The molecule has 9 nitrogen and oxygen atoms in total. The van der Waals surface area contributed by atoms with Gasteiger partial charge in [0.1, 0.15) is 16.9 Å². The van der Waals surface area contributed by atoms with E-state index >= 15 is 0 Å². The van der Waals surface area contributed by atoms with Crippen LogP contribution in [-0.4, -0.2) is 65.6 Å². The molecular weight excluding hydrogens is 565 g/mol. The van der Waals surface area contributed by atoms with Crippen LogP contribution in [0.5, 0.6) is 0 Å². The van der Waals surface area contributed by atoms with Gasteiger partial charge in [0.15, 0.2) is 12.5 Å². The molecule has 3 aromatic rings. The van der Waals surface area contributed by atoms with Crippen molar-refractivity contribution in [1.29, 1.82) is 0 Å². The fraction of sp³-hybridized carbons (Fsp3) is 0.464. The van der Waals surface area contributed by atoms with Crippen LogP contribution >= 0.6 is 11.6 Å². The van der Waals surface area contributed by atoms with Crippen LogP contribution in [0.25, 0.3) is 11.0 Å². The number of furan rings is 1. The molecule has 1 aliphatic carbocycles. The SMILES string of the molecule is O=CC(OC1CCC(Nc2ccc([N+](=O)[O-])c(C(F)(F)F)c2)CC1)N1CCN(Cc2cc3cc(Cl)ccc3o2)CC1. The highest BCUT2D eigenvalue weighted by Crippen LogP contribution is 2.38. The van der Waals surface area contributed by atoms with Gasteiger partial charge in [-0.2, -0.15) is 13.2 Å². The molecule has 1 aliphatic heterocycles. The van der Waals surface area contributed by atoms with E-state index in [0.29, 0.717) is 50.3 Å². The average molecular weight is 595 g/mol. The number of halogens is 4. The number of aldehydes is 1. The summed E-state index contributed by atoms with van der Waals surface area (Å²) in [5, 5.41) is 15.7. The number of ether oxygens (including phenoxy) is 1. The van der Waals surface area contributed by atoms with Gasteiger partial charge in [0.25, 0.3) is 5.69 Å². The second kappa shape index (κ2) is 12.4. The molecule has 2 fully saturated rings. The van der Waals surface area contributed by atoms with Crippen molar-refractivity contribution < 1.29 is 32.0 Å². The normalized spacial score (nSPS) is 21.6. The number of piperazine rings is 1. The van der Waals surface area contributed by atoms with Crippen LogP contribution in [0.2, 0.25) is 5.02 Å². The summed E-state index contributed by atoms with van der Waals surface area (Å²) in [5.74, 6) is 0.854. The van der Waals surface area contributed by atoms with E-state index in [1.807, 2.05) is 23.1 Å². The number of nitro benzene ring substituents is 1. The van der Waals surface area contributed by atoms with Crippen LogP contribution in [0.15, 0.2) is 46.9 Å². The fourth-order valence-corrected chi connectivity index (χ4v) is 5.72. The zero-order chi connectivity index (χ0) is 29.1. The van der Waals surface area contributed by atoms with E-state index in [-0.39, 0.29) is 17.8 Å². The highest BCUT2D eigenvalue weighted by Gasteiger charge is 2.38. The van der Waals surface area contributed by atoms with Crippen molar-refractivity contribution in [2.24, 2.45) is 0 Å². The zero-order valence-electron chi connectivity index (χ0n) is 22.1. The van der Waals surface area contributed by atoms with Gasteiger partial charge < -0.3 is 14.5 Å². The summed E-state index contributed by atoms with van der Waals surface area (Å²) < 4.78 is 52.0. The summed E-state index contributed by atoms with van der Waals surface area (Å²) in [6, 6.07) is 10.4. The van der Waals surface area contributed by atoms with Crippen molar-refractivity contribution in [1.82, 2.24) is 9.80 Å². The van der Waals surface area contributed by atoms with Crippen LogP contribution in [0.1, 0.15) is 37.0 Å². The second-order valence-corrected chi connectivity index (χ2v) is 10.9. The predicted octanol–water partition coefficient (Wildman–Crippen LogP) is 6.10. The maximum Gasteiger partial charge on any atom is 0.423 e. The lowest BCUT2D eigenvalue weighted by Gasteiger charge is -2.39. The van der Waals surface area contributed by atoms with Crippen LogP contribution in [0.4, 0.5) is 24.5 Å². The summed E-state index contributed by atoms with van der Waals surface area (Å²) in [6.07, 6.45) is -2.29. The molecule has 0 radical (unpaired) electrons. The molecule has 1 aromatic heterocycles. The van der Waals surface area contributed by atoms with E-state index < -0.39 is 28.6 Å². The number of nitro groups is 1. The molecule has 1 atom stereocenters. The van der Waals surface area contributed by atoms with Gasteiger partial charge in [-0.05, 0) is 62.1 Å². The first-order valence-corrected chi connectivity index (χ1v) is 13.8. The third-order valence-electron chi connectivity index (χ3n) is 7.67. The van der Waals surface area contributed by atoms with E-state index in [2.05, 4.69) is 10.2 Å². The zero-order valence-corrected chi connectivity index (χ0v) is 22.9. The van der Waals surface area contributed by atoms with Crippen LogP contribution in [-0.2, 0) is 22.3 Å². The topological polar surface area (TPSA) is 101 Å². The fourth-order valence-electron chi connectivity index (χ4n) is 5.54. The number of hydrogen-bond donors (Lipinski definition) is 1. The highest BCUT2D eigenvalue weighted by atomic mass is 35.5. The molecule has 2 heterocycles. The first kappa shape index (κ1) is 29.3. The molecule has 1 saturated carbocycles. The van der Waals surface area contributed by atoms with Crippen LogP contribution < -0.4 is 5.32 Å². The summed E-state index contributed by atoms with van der Waals surface area (Å²) >= 11 is 6.07. The first-order chi connectivity index (χ1) is 19.6. The number of alkyl halides is 3. The van der Waals surface area contributed by atoms with Crippen molar-refractivity contribution in [3.63, 3.8) is 0 Å². The van der Waals surface area contributed by atoms with E-state index in [1.165, 1.54) is 6.07 Å². The van der Waals surface area contributed by atoms with E-state index in [0.717, 1.165) is 48.2 Å². The molecular formula is C28H30ClF3N4O5. The number of carbonyl (C=O) groups excluding carboxylic acids is 1. The number of anilines is 1. The van der Waals surface area contributed by atoms with E-state index in [4.69, 9.17) is 20.8 Å². The van der Waals surface area contributed by atoms with Gasteiger partial charge >= 0.3 is 6.18 Å². The van der Waals surface area contributed by atoms with Gasteiger partial charge in [-0.1, -0.05) is 11.6 Å². The Hall–Kier alpha value is -3.19. The quantitative estimate of drug-likeness (QED) is 0.180.